The number of anilines is 3. The molecule has 2 rings (SSSR count). The molecule has 1 saturated heterocycles. The second-order valence-corrected chi connectivity index (χ2v) is 4.44. The number of carbonyl (C=O) groups is 1. The van der Waals surface area contributed by atoms with E-state index in [1.807, 2.05) is 0 Å². The molecular weight excluding hydrogens is 260 g/mol. The summed E-state index contributed by atoms with van der Waals surface area (Å²) in [6, 6.07) is -0.545. The number of amides is 2. The molecular formula is C11H20N8O. The van der Waals surface area contributed by atoms with Crippen molar-refractivity contribution in [3.63, 3.8) is 0 Å². The molecule has 1 fully saturated rings. The van der Waals surface area contributed by atoms with Gasteiger partial charge in [0.2, 0.25) is 17.8 Å². The molecule has 20 heavy (non-hydrogen) atoms. The third-order valence-corrected chi connectivity index (χ3v) is 2.94. The normalized spacial score (nSPS) is 14.2. The molecule has 0 radical (unpaired) electrons. The molecule has 110 valence electrons. The minimum absolute atomic E-state index is 0.412. The molecule has 0 bridgehead atoms. The topological polar surface area (TPSA) is 121 Å². The Balaban J connectivity index is 1.99. The SMILES string of the molecule is CNc1nc(NCCNC(N)=O)nc(N2CCCC2)n1. The van der Waals surface area contributed by atoms with Crippen LogP contribution >= 0.6 is 0 Å². The first kappa shape index (κ1) is 14.1. The lowest BCUT2D eigenvalue weighted by molar-refractivity contribution is 0.249. The van der Waals surface area contributed by atoms with E-state index < -0.39 is 6.03 Å². The van der Waals surface area contributed by atoms with Crippen LogP contribution in [0.2, 0.25) is 0 Å². The predicted molar refractivity (Wildman–Crippen MR) is 76.9 cm³/mol. The first-order valence-electron chi connectivity index (χ1n) is 6.65. The van der Waals surface area contributed by atoms with E-state index in [1.54, 1.807) is 7.05 Å². The van der Waals surface area contributed by atoms with Gasteiger partial charge in [-0.3, -0.25) is 0 Å². The van der Waals surface area contributed by atoms with E-state index in [1.165, 1.54) is 0 Å². The third kappa shape index (κ3) is 3.84. The molecule has 1 aliphatic heterocycles. The van der Waals surface area contributed by atoms with E-state index in [9.17, 15) is 4.79 Å². The highest BCUT2D eigenvalue weighted by Crippen LogP contribution is 2.18. The van der Waals surface area contributed by atoms with Gasteiger partial charge in [-0.2, -0.15) is 15.0 Å². The van der Waals surface area contributed by atoms with E-state index in [2.05, 4.69) is 35.8 Å². The number of hydrogen-bond donors (Lipinski definition) is 4. The minimum Gasteiger partial charge on any atom is -0.357 e. The Morgan fingerprint density at radius 1 is 1.20 bits per heavy atom. The first-order chi connectivity index (χ1) is 9.69. The zero-order valence-corrected chi connectivity index (χ0v) is 11.5. The maximum Gasteiger partial charge on any atom is 0.312 e. The average Bonchev–Trinajstić information content (AvgIpc) is 2.97. The van der Waals surface area contributed by atoms with Crippen LogP contribution in [0.1, 0.15) is 12.8 Å². The van der Waals surface area contributed by atoms with Crippen LogP contribution in [0.15, 0.2) is 0 Å². The Morgan fingerprint density at radius 3 is 2.55 bits per heavy atom. The fourth-order valence-corrected chi connectivity index (χ4v) is 1.97. The van der Waals surface area contributed by atoms with Crippen LogP contribution < -0.4 is 26.6 Å². The lowest BCUT2D eigenvalue weighted by atomic mass is 10.4. The summed E-state index contributed by atoms with van der Waals surface area (Å²) in [4.78, 5) is 25.7. The van der Waals surface area contributed by atoms with Gasteiger partial charge in [0, 0.05) is 33.2 Å². The second-order valence-electron chi connectivity index (χ2n) is 4.44. The number of aromatic nitrogens is 3. The average molecular weight is 280 g/mol. The van der Waals surface area contributed by atoms with Crippen LogP contribution in [0.3, 0.4) is 0 Å². The molecule has 0 atom stereocenters. The van der Waals surface area contributed by atoms with Crippen LogP contribution in [0.4, 0.5) is 22.6 Å². The Morgan fingerprint density at radius 2 is 1.90 bits per heavy atom. The van der Waals surface area contributed by atoms with Gasteiger partial charge in [-0.1, -0.05) is 0 Å². The van der Waals surface area contributed by atoms with Gasteiger partial charge in [0.25, 0.3) is 0 Å². The molecule has 1 aliphatic rings. The van der Waals surface area contributed by atoms with Crippen molar-refractivity contribution in [1.82, 2.24) is 20.3 Å². The highest BCUT2D eigenvalue weighted by atomic mass is 16.2. The Bertz CT molecular complexity index is 460. The number of nitrogens with zero attached hydrogens (tertiary/aromatic N) is 4. The lowest BCUT2D eigenvalue weighted by Crippen LogP contribution is -2.33. The molecule has 2 heterocycles. The largest absolute Gasteiger partial charge is 0.357 e. The smallest absolute Gasteiger partial charge is 0.312 e. The predicted octanol–water partition coefficient (Wildman–Crippen LogP) is -0.406. The summed E-state index contributed by atoms with van der Waals surface area (Å²) >= 11 is 0. The molecule has 0 aliphatic carbocycles. The van der Waals surface area contributed by atoms with Crippen molar-refractivity contribution in [3.05, 3.63) is 0 Å². The van der Waals surface area contributed by atoms with Crippen LogP contribution in [0.5, 0.6) is 0 Å². The number of nitrogens with two attached hydrogens (primary N) is 1. The molecule has 0 spiro atoms. The van der Waals surface area contributed by atoms with Crippen molar-refractivity contribution in [2.24, 2.45) is 5.73 Å². The summed E-state index contributed by atoms with van der Waals surface area (Å²) in [6.45, 7) is 2.84. The van der Waals surface area contributed by atoms with Gasteiger partial charge in [0.1, 0.15) is 0 Å². The number of hydrogen-bond acceptors (Lipinski definition) is 7. The summed E-state index contributed by atoms with van der Waals surface area (Å²) in [5, 5.41) is 8.45. The molecule has 0 saturated carbocycles. The summed E-state index contributed by atoms with van der Waals surface area (Å²) in [7, 11) is 1.77. The maximum atomic E-state index is 10.6. The Kier molecular flexibility index (Phi) is 4.75. The monoisotopic (exact) mass is 280 g/mol. The zero-order chi connectivity index (χ0) is 14.4. The molecule has 1 aromatic heterocycles. The van der Waals surface area contributed by atoms with E-state index in [0.29, 0.717) is 30.9 Å². The van der Waals surface area contributed by atoms with Crippen molar-refractivity contribution in [2.75, 3.05) is 48.8 Å². The van der Waals surface area contributed by atoms with Crippen molar-refractivity contribution in [2.45, 2.75) is 12.8 Å². The lowest BCUT2D eigenvalue weighted by Gasteiger charge is -2.16. The van der Waals surface area contributed by atoms with Gasteiger partial charge in [0.05, 0.1) is 0 Å². The van der Waals surface area contributed by atoms with E-state index in [0.717, 1.165) is 25.9 Å². The van der Waals surface area contributed by atoms with Crippen LogP contribution in [0, 0.1) is 0 Å². The van der Waals surface area contributed by atoms with Gasteiger partial charge in [-0.05, 0) is 12.8 Å². The van der Waals surface area contributed by atoms with E-state index in [4.69, 9.17) is 5.73 Å². The highest BCUT2D eigenvalue weighted by molar-refractivity contribution is 5.71. The van der Waals surface area contributed by atoms with Crippen LogP contribution in [0.25, 0.3) is 0 Å². The summed E-state index contributed by atoms with van der Waals surface area (Å²) in [6.07, 6.45) is 2.32. The van der Waals surface area contributed by atoms with Crippen molar-refractivity contribution in [1.29, 1.82) is 0 Å². The minimum atomic E-state index is -0.545. The van der Waals surface area contributed by atoms with E-state index >= 15 is 0 Å². The van der Waals surface area contributed by atoms with Crippen molar-refractivity contribution >= 4 is 23.9 Å². The fourth-order valence-electron chi connectivity index (χ4n) is 1.97. The van der Waals surface area contributed by atoms with Gasteiger partial charge in [-0.15, -0.1) is 0 Å². The number of carbonyl (C=O) groups excluding carboxylic acids is 1. The zero-order valence-electron chi connectivity index (χ0n) is 11.5. The molecule has 1 aromatic rings. The van der Waals surface area contributed by atoms with Crippen molar-refractivity contribution < 1.29 is 4.79 Å². The molecule has 9 nitrogen and oxygen atoms in total. The molecule has 9 heteroatoms. The first-order valence-corrected chi connectivity index (χ1v) is 6.65. The van der Waals surface area contributed by atoms with Crippen LogP contribution in [-0.2, 0) is 0 Å². The number of rotatable bonds is 6. The maximum absolute atomic E-state index is 10.6. The van der Waals surface area contributed by atoms with Crippen LogP contribution in [-0.4, -0.2) is 54.2 Å². The number of primary amides is 1. The second kappa shape index (κ2) is 6.73. The van der Waals surface area contributed by atoms with Gasteiger partial charge < -0.3 is 26.6 Å². The van der Waals surface area contributed by atoms with Gasteiger partial charge in [-0.25, -0.2) is 4.79 Å². The summed E-state index contributed by atoms with van der Waals surface area (Å²) < 4.78 is 0. The molecule has 0 unspecified atom stereocenters. The molecule has 5 N–H and O–H groups in total. The number of urea groups is 1. The molecule has 2 amide bonds. The van der Waals surface area contributed by atoms with Crippen molar-refractivity contribution in [3.8, 4) is 0 Å². The van der Waals surface area contributed by atoms with Gasteiger partial charge in [0.15, 0.2) is 0 Å². The summed E-state index contributed by atoms with van der Waals surface area (Å²) in [5.74, 6) is 1.68. The number of nitrogens with one attached hydrogen (secondary N) is 3. The standard InChI is InChI=1S/C11H20N8O/c1-13-9-16-10(15-5-4-14-8(12)20)18-11(17-9)19-6-2-3-7-19/h2-7H2,1H3,(H3,12,14,20)(H2,13,15,16,17,18). The quantitative estimate of drug-likeness (QED) is 0.523. The Labute approximate surface area is 117 Å². The third-order valence-electron chi connectivity index (χ3n) is 2.94. The van der Waals surface area contributed by atoms with E-state index in [-0.39, 0.29) is 0 Å². The molecule has 0 aromatic carbocycles. The summed E-state index contributed by atoms with van der Waals surface area (Å²) in [5.41, 5.74) is 4.99. The highest BCUT2D eigenvalue weighted by Gasteiger charge is 2.16. The fraction of sp³-hybridized carbons (Fsp3) is 0.636. The van der Waals surface area contributed by atoms with Gasteiger partial charge >= 0.3 is 6.03 Å². The Hall–Kier alpha value is -2.32.